The molecule has 3 nitrogen and oxygen atoms in total. The quantitative estimate of drug-likeness (QED) is 0.870. The van der Waals surface area contributed by atoms with Gasteiger partial charge in [-0.05, 0) is 32.0 Å². The molecule has 1 fully saturated rings. The normalized spacial score (nSPS) is 18.0. The molecule has 1 aliphatic rings. The second kappa shape index (κ2) is 7.76. The molecule has 4 heteroatoms. The van der Waals surface area contributed by atoms with E-state index in [4.69, 9.17) is 0 Å². The molecule has 0 aliphatic carbocycles. The molecule has 1 unspecified atom stereocenters. The molecule has 1 aliphatic heterocycles. The van der Waals surface area contributed by atoms with Crippen LogP contribution in [0.15, 0.2) is 18.2 Å². The number of piperazine rings is 1. The van der Waals surface area contributed by atoms with E-state index in [9.17, 15) is 4.39 Å². The molecule has 1 atom stereocenters. The number of hydrogen-bond acceptors (Lipinski definition) is 3. The highest BCUT2D eigenvalue weighted by molar-refractivity contribution is 5.54. The summed E-state index contributed by atoms with van der Waals surface area (Å²) >= 11 is 0. The van der Waals surface area contributed by atoms with Crippen LogP contribution in [0, 0.1) is 5.82 Å². The highest BCUT2D eigenvalue weighted by atomic mass is 19.1. The largest absolute Gasteiger partial charge is 0.369 e. The molecule has 0 spiro atoms. The number of rotatable bonds is 6. The monoisotopic (exact) mass is 293 g/mol. The summed E-state index contributed by atoms with van der Waals surface area (Å²) in [5.74, 6) is -0.0993. The summed E-state index contributed by atoms with van der Waals surface area (Å²) in [5, 5.41) is 3.24. The van der Waals surface area contributed by atoms with Crippen molar-refractivity contribution in [3.05, 3.63) is 29.6 Å². The summed E-state index contributed by atoms with van der Waals surface area (Å²) < 4.78 is 14.1. The van der Waals surface area contributed by atoms with Crippen LogP contribution in [0.2, 0.25) is 0 Å². The van der Waals surface area contributed by atoms with E-state index < -0.39 is 0 Å². The Morgan fingerprint density at radius 3 is 2.52 bits per heavy atom. The Kier molecular flexibility index (Phi) is 6.00. The van der Waals surface area contributed by atoms with Crippen molar-refractivity contribution >= 4 is 5.69 Å². The summed E-state index contributed by atoms with van der Waals surface area (Å²) in [6.07, 6.45) is 1.19. The van der Waals surface area contributed by atoms with Crippen LogP contribution in [0.3, 0.4) is 0 Å². The van der Waals surface area contributed by atoms with Crippen molar-refractivity contribution in [2.75, 3.05) is 37.6 Å². The minimum Gasteiger partial charge on any atom is -0.369 e. The maximum atomic E-state index is 14.1. The lowest BCUT2D eigenvalue weighted by atomic mass is 10.1. The molecular weight excluding hydrogens is 265 g/mol. The predicted molar refractivity (Wildman–Crippen MR) is 87.3 cm³/mol. The Morgan fingerprint density at radius 1 is 1.19 bits per heavy atom. The van der Waals surface area contributed by atoms with Crippen molar-refractivity contribution in [2.24, 2.45) is 0 Å². The van der Waals surface area contributed by atoms with Gasteiger partial charge in [-0.2, -0.15) is 0 Å². The molecule has 0 aromatic heterocycles. The third-order valence-electron chi connectivity index (χ3n) is 4.52. The van der Waals surface area contributed by atoms with Crippen molar-refractivity contribution in [2.45, 2.75) is 39.8 Å². The zero-order valence-electron chi connectivity index (χ0n) is 13.5. The maximum absolute atomic E-state index is 14.1. The summed E-state index contributed by atoms with van der Waals surface area (Å²) in [5.41, 5.74) is 1.86. The third-order valence-corrected chi connectivity index (χ3v) is 4.52. The van der Waals surface area contributed by atoms with Crippen LogP contribution in [0.4, 0.5) is 10.1 Å². The summed E-state index contributed by atoms with van der Waals surface area (Å²) in [6, 6.07) is 6.07. The van der Waals surface area contributed by atoms with Gasteiger partial charge in [-0.15, -0.1) is 0 Å². The van der Waals surface area contributed by atoms with E-state index in [1.807, 2.05) is 13.0 Å². The lowest BCUT2D eigenvalue weighted by molar-refractivity contribution is 0.192. The van der Waals surface area contributed by atoms with Crippen LogP contribution in [0.5, 0.6) is 0 Å². The van der Waals surface area contributed by atoms with Crippen molar-refractivity contribution in [3.8, 4) is 0 Å². The molecule has 0 saturated carbocycles. The van der Waals surface area contributed by atoms with Gasteiger partial charge in [0.15, 0.2) is 0 Å². The first-order valence-corrected chi connectivity index (χ1v) is 8.14. The molecule has 1 saturated heterocycles. The van der Waals surface area contributed by atoms with Gasteiger partial charge in [0, 0.05) is 50.0 Å². The van der Waals surface area contributed by atoms with Gasteiger partial charge >= 0.3 is 0 Å². The molecule has 0 radical (unpaired) electrons. The molecular formula is C17H28FN3. The second-order valence-corrected chi connectivity index (χ2v) is 5.80. The SMILES string of the molecule is CCNCc1c(F)cccc1N1CCN(C(C)CC)CC1. The molecule has 1 N–H and O–H groups in total. The van der Waals surface area contributed by atoms with Crippen LogP contribution in [-0.2, 0) is 6.54 Å². The zero-order chi connectivity index (χ0) is 15.2. The van der Waals surface area contributed by atoms with Crippen molar-refractivity contribution in [3.63, 3.8) is 0 Å². The minimum absolute atomic E-state index is 0.0993. The first-order chi connectivity index (χ1) is 10.2. The highest BCUT2D eigenvalue weighted by Crippen LogP contribution is 2.25. The van der Waals surface area contributed by atoms with Crippen LogP contribution in [0.1, 0.15) is 32.8 Å². The fourth-order valence-corrected chi connectivity index (χ4v) is 2.93. The first-order valence-electron chi connectivity index (χ1n) is 8.14. The Morgan fingerprint density at radius 2 is 1.90 bits per heavy atom. The topological polar surface area (TPSA) is 18.5 Å². The Bertz CT molecular complexity index is 442. The zero-order valence-corrected chi connectivity index (χ0v) is 13.5. The van der Waals surface area contributed by atoms with Gasteiger partial charge in [0.25, 0.3) is 0 Å². The molecule has 0 bridgehead atoms. The average molecular weight is 293 g/mol. The van der Waals surface area contributed by atoms with E-state index in [1.54, 1.807) is 6.07 Å². The number of halogens is 1. The van der Waals surface area contributed by atoms with E-state index in [2.05, 4.69) is 35.0 Å². The standard InChI is InChI=1S/C17H28FN3/c1-4-14(3)20-9-11-21(12-10-20)17-8-6-7-16(18)15(17)13-19-5-2/h6-8,14,19H,4-5,9-13H2,1-3H3. The lowest BCUT2D eigenvalue weighted by Crippen LogP contribution is -2.49. The molecule has 118 valence electrons. The third kappa shape index (κ3) is 3.95. The summed E-state index contributed by atoms with van der Waals surface area (Å²) in [6.45, 7) is 12.1. The predicted octanol–water partition coefficient (Wildman–Crippen LogP) is 2.86. The van der Waals surface area contributed by atoms with Crippen molar-refractivity contribution in [1.82, 2.24) is 10.2 Å². The number of benzene rings is 1. The fourth-order valence-electron chi connectivity index (χ4n) is 2.93. The molecule has 1 aromatic rings. The van der Waals surface area contributed by atoms with Gasteiger partial charge in [0.2, 0.25) is 0 Å². The minimum atomic E-state index is -0.0993. The van der Waals surface area contributed by atoms with Crippen LogP contribution in [-0.4, -0.2) is 43.7 Å². The van der Waals surface area contributed by atoms with E-state index in [0.29, 0.717) is 12.6 Å². The smallest absolute Gasteiger partial charge is 0.129 e. The van der Waals surface area contributed by atoms with Gasteiger partial charge in [-0.1, -0.05) is 19.9 Å². The summed E-state index contributed by atoms with van der Waals surface area (Å²) in [4.78, 5) is 4.86. The molecule has 2 rings (SSSR count). The molecule has 1 heterocycles. The lowest BCUT2D eigenvalue weighted by Gasteiger charge is -2.39. The molecule has 1 aromatic carbocycles. The van der Waals surface area contributed by atoms with E-state index >= 15 is 0 Å². The van der Waals surface area contributed by atoms with E-state index in [1.165, 1.54) is 6.42 Å². The fraction of sp³-hybridized carbons (Fsp3) is 0.647. The first kappa shape index (κ1) is 16.2. The second-order valence-electron chi connectivity index (χ2n) is 5.80. The van der Waals surface area contributed by atoms with Crippen LogP contribution in [0.25, 0.3) is 0 Å². The average Bonchev–Trinajstić information content (AvgIpc) is 2.53. The number of anilines is 1. The van der Waals surface area contributed by atoms with E-state index in [0.717, 1.165) is 44.0 Å². The molecule has 21 heavy (non-hydrogen) atoms. The molecule has 0 amide bonds. The maximum Gasteiger partial charge on any atom is 0.129 e. The van der Waals surface area contributed by atoms with Crippen LogP contribution >= 0.6 is 0 Å². The number of nitrogens with zero attached hydrogens (tertiary/aromatic N) is 2. The van der Waals surface area contributed by atoms with E-state index in [-0.39, 0.29) is 5.82 Å². The Hall–Kier alpha value is -1.13. The van der Waals surface area contributed by atoms with Gasteiger partial charge in [0.05, 0.1) is 0 Å². The number of nitrogens with one attached hydrogen (secondary N) is 1. The number of hydrogen-bond donors (Lipinski definition) is 1. The van der Waals surface area contributed by atoms with Gasteiger partial charge in [-0.25, -0.2) is 4.39 Å². The highest BCUT2D eigenvalue weighted by Gasteiger charge is 2.22. The summed E-state index contributed by atoms with van der Waals surface area (Å²) in [7, 11) is 0. The van der Waals surface area contributed by atoms with Gasteiger partial charge in [0.1, 0.15) is 5.82 Å². The van der Waals surface area contributed by atoms with Gasteiger partial charge < -0.3 is 10.2 Å². The van der Waals surface area contributed by atoms with Crippen LogP contribution < -0.4 is 10.2 Å². The Balaban J connectivity index is 2.07. The van der Waals surface area contributed by atoms with Crippen molar-refractivity contribution < 1.29 is 4.39 Å². The van der Waals surface area contributed by atoms with Crippen molar-refractivity contribution in [1.29, 1.82) is 0 Å². The Labute approximate surface area is 128 Å². The van der Waals surface area contributed by atoms with Gasteiger partial charge in [-0.3, -0.25) is 4.90 Å².